The number of hydrogen-bond donors (Lipinski definition) is 0. The van der Waals surface area contributed by atoms with Crippen LogP contribution in [0.4, 0.5) is 0 Å². The van der Waals surface area contributed by atoms with Crippen LogP contribution in [0.25, 0.3) is 11.4 Å². The van der Waals surface area contributed by atoms with Crippen molar-refractivity contribution in [3.8, 4) is 17.1 Å². The van der Waals surface area contributed by atoms with Crippen LogP contribution in [-0.4, -0.2) is 21.1 Å². The molecule has 0 bridgehead atoms. The van der Waals surface area contributed by atoms with Crippen LogP contribution in [0.1, 0.15) is 17.5 Å². The Bertz CT molecular complexity index is 780. The predicted octanol–water partition coefficient (Wildman–Crippen LogP) is 3.32. The normalized spacial score (nSPS) is 13.5. The minimum Gasteiger partial charge on any atom is -0.493 e. The first-order valence-electron chi connectivity index (χ1n) is 7.56. The monoisotopic (exact) mass is 291 g/mol. The molecule has 0 amide bonds. The number of aromatic nitrogens is 3. The summed E-state index contributed by atoms with van der Waals surface area (Å²) in [6.07, 6.45) is 9.66. The van der Waals surface area contributed by atoms with Gasteiger partial charge in [-0.05, 0) is 42.2 Å². The molecule has 2 aromatic heterocycles. The summed E-state index contributed by atoms with van der Waals surface area (Å²) in [7, 11) is 0. The predicted molar refractivity (Wildman–Crippen MR) is 84.8 cm³/mol. The Kier molecular flexibility index (Phi) is 3.35. The third-order valence-electron chi connectivity index (χ3n) is 3.98. The number of benzene rings is 1. The van der Waals surface area contributed by atoms with Gasteiger partial charge in [-0.15, -0.1) is 0 Å². The summed E-state index contributed by atoms with van der Waals surface area (Å²) in [4.78, 5) is 8.55. The number of hydrogen-bond acceptors (Lipinski definition) is 3. The third kappa shape index (κ3) is 2.48. The fourth-order valence-corrected chi connectivity index (χ4v) is 2.91. The Labute approximate surface area is 129 Å². The van der Waals surface area contributed by atoms with Gasteiger partial charge < -0.3 is 9.30 Å². The lowest BCUT2D eigenvalue weighted by molar-refractivity contribution is 0.288. The van der Waals surface area contributed by atoms with Crippen molar-refractivity contribution >= 4 is 0 Å². The summed E-state index contributed by atoms with van der Waals surface area (Å²) in [5, 5.41) is 0. The highest BCUT2D eigenvalue weighted by molar-refractivity contribution is 5.54. The second kappa shape index (κ2) is 5.64. The van der Waals surface area contributed by atoms with E-state index < -0.39 is 0 Å². The van der Waals surface area contributed by atoms with E-state index in [0.29, 0.717) is 0 Å². The maximum atomic E-state index is 5.68. The SMILES string of the molecule is c1cc(-c2nccn2Cc2ccc3c(c2)CCCO3)ccn1. The molecule has 0 fully saturated rings. The van der Waals surface area contributed by atoms with Crippen molar-refractivity contribution in [2.45, 2.75) is 19.4 Å². The van der Waals surface area contributed by atoms with Crippen LogP contribution in [0.2, 0.25) is 0 Å². The fraction of sp³-hybridized carbons (Fsp3) is 0.222. The van der Waals surface area contributed by atoms with Gasteiger partial charge in [-0.1, -0.05) is 12.1 Å². The van der Waals surface area contributed by atoms with Gasteiger partial charge in [-0.3, -0.25) is 4.98 Å². The molecule has 4 rings (SSSR count). The second-order valence-corrected chi connectivity index (χ2v) is 5.51. The molecule has 0 aliphatic carbocycles. The van der Waals surface area contributed by atoms with E-state index in [0.717, 1.165) is 43.1 Å². The lowest BCUT2D eigenvalue weighted by atomic mass is 10.0. The van der Waals surface area contributed by atoms with Crippen LogP contribution >= 0.6 is 0 Å². The molecule has 0 unspecified atom stereocenters. The van der Waals surface area contributed by atoms with Crippen molar-refractivity contribution in [2.24, 2.45) is 0 Å². The molecule has 22 heavy (non-hydrogen) atoms. The van der Waals surface area contributed by atoms with E-state index in [1.54, 1.807) is 12.4 Å². The molecule has 3 aromatic rings. The zero-order valence-electron chi connectivity index (χ0n) is 12.3. The lowest BCUT2D eigenvalue weighted by Crippen LogP contribution is -2.09. The van der Waals surface area contributed by atoms with Gasteiger partial charge in [0.25, 0.3) is 0 Å². The van der Waals surface area contributed by atoms with E-state index in [2.05, 4.69) is 32.7 Å². The molecule has 0 spiro atoms. The van der Waals surface area contributed by atoms with Gasteiger partial charge in [0.1, 0.15) is 11.6 Å². The van der Waals surface area contributed by atoms with Crippen LogP contribution in [0.15, 0.2) is 55.1 Å². The molecule has 0 atom stereocenters. The number of fused-ring (bicyclic) bond motifs is 1. The molecule has 1 aliphatic heterocycles. The molecule has 1 aromatic carbocycles. The van der Waals surface area contributed by atoms with Crippen molar-refractivity contribution in [3.05, 3.63) is 66.2 Å². The minimum atomic E-state index is 0.810. The lowest BCUT2D eigenvalue weighted by Gasteiger charge is -2.18. The van der Waals surface area contributed by atoms with Crippen molar-refractivity contribution < 1.29 is 4.74 Å². The third-order valence-corrected chi connectivity index (χ3v) is 3.98. The topological polar surface area (TPSA) is 39.9 Å². The van der Waals surface area contributed by atoms with Crippen LogP contribution < -0.4 is 4.74 Å². The maximum absolute atomic E-state index is 5.68. The van der Waals surface area contributed by atoms with Gasteiger partial charge >= 0.3 is 0 Å². The number of nitrogens with zero attached hydrogens (tertiary/aromatic N) is 3. The quantitative estimate of drug-likeness (QED) is 0.743. The standard InChI is InChI=1S/C18H17N3O/c1-2-16-12-14(3-4-17(16)22-11-1)13-21-10-9-20-18(21)15-5-7-19-8-6-15/h3-10,12H,1-2,11,13H2. The summed E-state index contributed by atoms with van der Waals surface area (Å²) in [6, 6.07) is 10.5. The van der Waals surface area contributed by atoms with Crippen LogP contribution in [0, 0.1) is 0 Å². The molecule has 1 aliphatic rings. The minimum absolute atomic E-state index is 0.810. The van der Waals surface area contributed by atoms with E-state index in [1.165, 1.54) is 11.1 Å². The Balaban J connectivity index is 1.63. The van der Waals surface area contributed by atoms with Crippen molar-refractivity contribution in [2.75, 3.05) is 6.61 Å². The Morgan fingerprint density at radius 2 is 2.00 bits per heavy atom. The summed E-state index contributed by atoms with van der Waals surface area (Å²) in [5.41, 5.74) is 3.67. The van der Waals surface area contributed by atoms with Gasteiger partial charge in [-0.25, -0.2) is 4.98 Å². The average Bonchev–Trinajstić information content (AvgIpc) is 3.04. The van der Waals surface area contributed by atoms with E-state index in [9.17, 15) is 0 Å². The molecule has 110 valence electrons. The number of pyridine rings is 1. The van der Waals surface area contributed by atoms with Gasteiger partial charge in [0.15, 0.2) is 0 Å². The van der Waals surface area contributed by atoms with Crippen LogP contribution in [0.3, 0.4) is 0 Å². The highest BCUT2D eigenvalue weighted by atomic mass is 16.5. The molecule has 0 radical (unpaired) electrons. The zero-order chi connectivity index (χ0) is 14.8. The molecular weight excluding hydrogens is 274 g/mol. The molecule has 4 nitrogen and oxygen atoms in total. The summed E-state index contributed by atoms with van der Waals surface area (Å²) < 4.78 is 7.85. The molecular formula is C18H17N3O. The van der Waals surface area contributed by atoms with Crippen LogP contribution in [-0.2, 0) is 13.0 Å². The van der Waals surface area contributed by atoms with Gasteiger partial charge in [-0.2, -0.15) is 0 Å². The molecule has 0 N–H and O–H groups in total. The summed E-state index contributed by atoms with van der Waals surface area (Å²) >= 11 is 0. The number of aryl methyl sites for hydroxylation is 1. The number of rotatable bonds is 3. The second-order valence-electron chi connectivity index (χ2n) is 5.51. The zero-order valence-corrected chi connectivity index (χ0v) is 12.3. The van der Waals surface area contributed by atoms with E-state index in [1.807, 2.05) is 24.5 Å². The van der Waals surface area contributed by atoms with E-state index in [4.69, 9.17) is 4.74 Å². The number of imidazole rings is 1. The average molecular weight is 291 g/mol. The largest absolute Gasteiger partial charge is 0.493 e. The highest BCUT2D eigenvalue weighted by Crippen LogP contribution is 2.26. The van der Waals surface area contributed by atoms with Crippen LogP contribution in [0.5, 0.6) is 5.75 Å². The van der Waals surface area contributed by atoms with Gasteiger partial charge in [0, 0.05) is 36.9 Å². The molecule has 3 heterocycles. The summed E-state index contributed by atoms with van der Waals surface area (Å²) in [6.45, 7) is 1.64. The van der Waals surface area contributed by atoms with E-state index >= 15 is 0 Å². The Hall–Kier alpha value is -2.62. The molecule has 0 saturated heterocycles. The Morgan fingerprint density at radius 3 is 2.91 bits per heavy atom. The molecule has 4 heteroatoms. The van der Waals surface area contributed by atoms with Crippen molar-refractivity contribution in [3.63, 3.8) is 0 Å². The number of ether oxygens (including phenoxy) is 1. The maximum Gasteiger partial charge on any atom is 0.140 e. The van der Waals surface area contributed by atoms with E-state index in [-0.39, 0.29) is 0 Å². The first-order valence-corrected chi connectivity index (χ1v) is 7.56. The first kappa shape index (κ1) is 13.1. The van der Waals surface area contributed by atoms with Gasteiger partial charge in [0.2, 0.25) is 0 Å². The van der Waals surface area contributed by atoms with Gasteiger partial charge in [0.05, 0.1) is 6.61 Å². The fourth-order valence-electron chi connectivity index (χ4n) is 2.91. The summed E-state index contributed by atoms with van der Waals surface area (Å²) in [5.74, 6) is 2.01. The smallest absolute Gasteiger partial charge is 0.140 e. The highest BCUT2D eigenvalue weighted by Gasteiger charge is 2.12. The van der Waals surface area contributed by atoms with Crippen molar-refractivity contribution in [1.82, 2.24) is 14.5 Å². The van der Waals surface area contributed by atoms with Crippen molar-refractivity contribution in [1.29, 1.82) is 0 Å². The first-order chi connectivity index (χ1) is 10.9. The molecule has 0 saturated carbocycles. The Morgan fingerprint density at radius 1 is 1.09 bits per heavy atom.